The van der Waals surface area contributed by atoms with Crippen molar-refractivity contribution in [3.8, 4) is 5.75 Å². The molecule has 1 aromatic carbocycles. The molecule has 1 amide bonds. The Morgan fingerprint density at radius 3 is 2.55 bits per heavy atom. The first-order valence-electron chi connectivity index (χ1n) is 6.43. The molecule has 1 aliphatic rings. The van der Waals surface area contributed by atoms with Crippen LogP contribution < -0.4 is 10.5 Å². The van der Waals surface area contributed by atoms with Crippen LogP contribution in [0.5, 0.6) is 5.75 Å². The van der Waals surface area contributed by atoms with Gasteiger partial charge in [0.2, 0.25) is 5.91 Å². The number of amides is 1. The van der Waals surface area contributed by atoms with Crippen LogP contribution >= 0.6 is 0 Å². The van der Waals surface area contributed by atoms with E-state index in [0.29, 0.717) is 11.4 Å². The molecule has 1 fully saturated rings. The van der Waals surface area contributed by atoms with Crippen LogP contribution in [0.3, 0.4) is 0 Å². The highest BCUT2D eigenvalue weighted by atomic mass is 32.2. The molecular formula is C13H18N2O4S. The van der Waals surface area contributed by atoms with Crippen LogP contribution in [0.2, 0.25) is 0 Å². The van der Waals surface area contributed by atoms with Crippen LogP contribution in [-0.2, 0) is 14.6 Å². The Hall–Kier alpha value is -1.76. The fourth-order valence-electron chi connectivity index (χ4n) is 1.98. The van der Waals surface area contributed by atoms with Crippen LogP contribution in [0.1, 0.15) is 6.42 Å². The first kappa shape index (κ1) is 14.6. The molecule has 0 atom stereocenters. The number of nitrogens with two attached hydrogens (primary N) is 1. The summed E-state index contributed by atoms with van der Waals surface area (Å²) >= 11 is 0. The van der Waals surface area contributed by atoms with Gasteiger partial charge in [0.25, 0.3) is 0 Å². The molecule has 1 heterocycles. The number of para-hydroxylation sites is 2. The van der Waals surface area contributed by atoms with Crippen LogP contribution in [0.4, 0.5) is 5.69 Å². The van der Waals surface area contributed by atoms with Crippen molar-refractivity contribution in [3.63, 3.8) is 0 Å². The molecular weight excluding hydrogens is 280 g/mol. The zero-order chi connectivity index (χ0) is 14.6. The van der Waals surface area contributed by atoms with Crippen LogP contribution in [0.15, 0.2) is 24.3 Å². The Morgan fingerprint density at radius 2 is 1.90 bits per heavy atom. The monoisotopic (exact) mass is 298 g/mol. The maximum atomic E-state index is 11.9. The maximum Gasteiger partial charge on any atom is 0.226 e. The third-order valence-electron chi connectivity index (χ3n) is 3.19. The van der Waals surface area contributed by atoms with Gasteiger partial charge < -0.3 is 15.4 Å². The van der Waals surface area contributed by atoms with Gasteiger partial charge in [0, 0.05) is 13.1 Å². The zero-order valence-corrected chi connectivity index (χ0v) is 11.9. The van der Waals surface area contributed by atoms with Gasteiger partial charge in [0.15, 0.2) is 9.84 Å². The topological polar surface area (TPSA) is 89.7 Å². The summed E-state index contributed by atoms with van der Waals surface area (Å²) in [6, 6.07) is 7.09. The van der Waals surface area contributed by atoms with Crippen molar-refractivity contribution >= 4 is 21.4 Å². The van der Waals surface area contributed by atoms with Gasteiger partial charge in [-0.3, -0.25) is 4.79 Å². The molecule has 0 radical (unpaired) electrons. The Labute approximate surface area is 118 Å². The number of nitrogens with zero attached hydrogens (tertiary/aromatic N) is 1. The smallest absolute Gasteiger partial charge is 0.226 e. The number of carbonyl (C=O) groups excluding carboxylic acids is 1. The largest absolute Gasteiger partial charge is 0.491 e. The predicted molar refractivity (Wildman–Crippen MR) is 76.2 cm³/mol. The lowest BCUT2D eigenvalue weighted by molar-refractivity contribution is -0.131. The minimum Gasteiger partial charge on any atom is -0.491 e. The van der Waals surface area contributed by atoms with Crippen molar-refractivity contribution < 1.29 is 17.9 Å². The standard InChI is InChI=1S/C13H18N2O4S/c14-11-3-1-2-4-12(11)19-8-5-13(16)15-6-9-20(17,18)10-7-15/h1-4H,5-10,14H2. The third-order valence-corrected chi connectivity index (χ3v) is 4.80. The van der Waals surface area contributed by atoms with Gasteiger partial charge in [-0.1, -0.05) is 12.1 Å². The molecule has 20 heavy (non-hydrogen) atoms. The van der Waals surface area contributed by atoms with E-state index in [1.807, 2.05) is 12.1 Å². The Morgan fingerprint density at radius 1 is 1.25 bits per heavy atom. The van der Waals surface area contributed by atoms with Gasteiger partial charge in [0.1, 0.15) is 5.75 Å². The van der Waals surface area contributed by atoms with E-state index in [1.165, 1.54) is 0 Å². The van der Waals surface area contributed by atoms with E-state index in [9.17, 15) is 13.2 Å². The minimum atomic E-state index is -2.96. The molecule has 2 rings (SSSR count). The molecule has 7 heteroatoms. The second-order valence-corrected chi connectivity index (χ2v) is 6.97. The summed E-state index contributed by atoms with van der Waals surface area (Å²) in [7, 11) is -2.96. The highest BCUT2D eigenvalue weighted by Crippen LogP contribution is 2.19. The third kappa shape index (κ3) is 3.86. The second kappa shape index (κ2) is 6.13. The van der Waals surface area contributed by atoms with Crippen molar-refractivity contribution in [2.24, 2.45) is 0 Å². The van der Waals surface area contributed by atoms with E-state index in [2.05, 4.69) is 0 Å². The van der Waals surface area contributed by atoms with E-state index < -0.39 is 9.84 Å². The lowest BCUT2D eigenvalue weighted by atomic mass is 10.3. The van der Waals surface area contributed by atoms with Gasteiger partial charge in [-0.05, 0) is 12.1 Å². The number of sulfone groups is 1. The summed E-state index contributed by atoms with van der Waals surface area (Å²) in [5.41, 5.74) is 6.25. The number of nitrogen functional groups attached to an aromatic ring is 1. The quantitative estimate of drug-likeness (QED) is 0.807. The number of hydrogen-bond donors (Lipinski definition) is 1. The summed E-state index contributed by atoms with van der Waals surface area (Å²) < 4.78 is 28.0. The summed E-state index contributed by atoms with van der Waals surface area (Å²) in [5, 5.41) is 0. The average Bonchev–Trinajstić information content (AvgIpc) is 2.40. The van der Waals surface area contributed by atoms with Crippen molar-refractivity contribution in [2.45, 2.75) is 6.42 Å². The Bertz CT molecular complexity index is 572. The van der Waals surface area contributed by atoms with E-state index in [0.717, 1.165) is 0 Å². The number of benzene rings is 1. The highest BCUT2D eigenvalue weighted by Gasteiger charge is 2.24. The number of ether oxygens (including phenoxy) is 1. The molecule has 0 spiro atoms. The van der Waals surface area contributed by atoms with Crippen LogP contribution in [0, 0.1) is 0 Å². The van der Waals surface area contributed by atoms with E-state index in [-0.39, 0.29) is 43.5 Å². The Balaban J connectivity index is 1.77. The first-order chi connectivity index (χ1) is 9.48. The average molecular weight is 298 g/mol. The lowest BCUT2D eigenvalue weighted by Crippen LogP contribution is -2.44. The van der Waals surface area contributed by atoms with E-state index in [1.54, 1.807) is 17.0 Å². The molecule has 0 aliphatic carbocycles. The van der Waals surface area contributed by atoms with Crippen LogP contribution in [0.25, 0.3) is 0 Å². The van der Waals surface area contributed by atoms with Crippen molar-refractivity contribution in [1.29, 1.82) is 0 Å². The lowest BCUT2D eigenvalue weighted by Gasteiger charge is -2.26. The van der Waals surface area contributed by atoms with E-state index >= 15 is 0 Å². The molecule has 0 aromatic heterocycles. The molecule has 1 aromatic rings. The molecule has 6 nitrogen and oxygen atoms in total. The zero-order valence-electron chi connectivity index (χ0n) is 11.1. The van der Waals surface area contributed by atoms with Crippen molar-refractivity contribution in [1.82, 2.24) is 4.90 Å². The Kier molecular flexibility index (Phi) is 4.49. The number of carbonyl (C=O) groups is 1. The van der Waals surface area contributed by atoms with Crippen molar-refractivity contribution in [2.75, 3.05) is 36.9 Å². The molecule has 0 saturated carbocycles. The van der Waals surface area contributed by atoms with Gasteiger partial charge in [0.05, 0.1) is 30.2 Å². The summed E-state index contributed by atoms with van der Waals surface area (Å²) in [4.78, 5) is 13.5. The summed E-state index contributed by atoms with van der Waals surface area (Å²) in [6.07, 6.45) is 0.217. The van der Waals surface area contributed by atoms with Crippen LogP contribution in [-0.4, -0.2) is 50.4 Å². The molecule has 0 bridgehead atoms. The summed E-state index contributed by atoms with van der Waals surface area (Å²) in [6.45, 7) is 0.777. The maximum absolute atomic E-state index is 11.9. The highest BCUT2D eigenvalue weighted by molar-refractivity contribution is 7.91. The van der Waals surface area contributed by atoms with Gasteiger partial charge in [-0.2, -0.15) is 0 Å². The van der Waals surface area contributed by atoms with Gasteiger partial charge in [-0.25, -0.2) is 8.42 Å². The number of hydrogen-bond acceptors (Lipinski definition) is 5. The SMILES string of the molecule is Nc1ccccc1OCCC(=O)N1CCS(=O)(=O)CC1. The molecule has 110 valence electrons. The van der Waals surface area contributed by atoms with Gasteiger partial charge >= 0.3 is 0 Å². The fourth-order valence-corrected chi connectivity index (χ4v) is 3.18. The normalized spacial score (nSPS) is 17.7. The molecule has 2 N–H and O–H groups in total. The molecule has 1 saturated heterocycles. The van der Waals surface area contributed by atoms with E-state index in [4.69, 9.17) is 10.5 Å². The summed E-state index contributed by atoms with van der Waals surface area (Å²) in [5.74, 6) is 0.562. The second-order valence-electron chi connectivity index (χ2n) is 4.67. The minimum absolute atomic E-state index is 0.0469. The number of rotatable bonds is 4. The first-order valence-corrected chi connectivity index (χ1v) is 8.25. The molecule has 0 unspecified atom stereocenters. The van der Waals surface area contributed by atoms with Gasteiger partial charge in [-0.15, -0.1) is 0 Å². The molecule has 1 aliphatic heterocycles. The van der Waals surface area contributed by atoms with Crippen molar-refractivity contribution in [3.05, 3.63) is 24.3 Å². The fraction of sp³-hybridized carbons (Fsp3) is 0.462. The number of anilines is 1. The predicted octanol–water partition coefficient (Wildman–Crippen LogP) is 0.295.